The van der Waals surface area contributed by atoms with Gasteiger partial charge in [-0.15, -0.1) is 0 Å². The van der Waals surface area contributed by atoms with Crippen LogP contribution in [0.3, 0.4) is 0 Å². The Labute approximate surface area is 132 Å². The van der Waals surface area contributed by atoms with Crippen molar-refractivity contribution < 1.29 is 9.32 Å². The first-order valence-corrected chi connectivity index (χ1v) is 7.20. The number of carbonyl (C=O) groups is 1. The third kappa shape index (κ3) is 2.69. The molecule has 6 nitrogen and oxygen atoms in total. The molecule has 0 saturated carbocycles. The highest BCUT2D eigenvalue weighted by Crippen LogP contribution is 2.23. The van der Waals surface area contributed by atoms with E-state index >= 15 is 0 Å². The molecule has 0 saturated heterocycles. The monoisotopic (exact) mass is 318 g/mol. The zero-order chi connectivity index (χ0) is 15.7. The summed E-state index contributed by atoms with van der Waals surface area (Å²) in [5.74, 6) is 0.529. The predicted octanol–water partition coefficient (Wildman–Crippen LogP) is 2.53. The Hall–Kier alpha value is -2.34. The number of likely N-dealkylation sites (N-methyl/N-ethyl adjacent to an activating group) is 1. The third-order valence-corrected chi connectivity index (χ3v) is 3.89. The summed E-state index contributed by atoms with van der Waals surface area (Å²) in [5, 5.41) is 5.38. The number of rotatable bonds is 4. The first-order chi connectivity index (χ1) is 10.6. The molecule has 0 unspecified atom stereocenters. The van der Waals surface area contributed by atoms with Gasteiger partial charge in [0, 0.05) is 43.0 Å². The van der Waals surface area contributed by atoms with Crippen molar-refractivity contribution in [3.8, 4) is 0 Å². The lowest BCUT2D eigenvalue weighted by atomic mass is 10.2. The van der Waals surface area contributed by atoms with Crippen LogP contribution in [-0.2, 0) is 13.5 Å². The van der Waals surface area contributed by atoms with Crippen LogP contribution in [-0.4, -0.2) is 39.1 Å². The lowest BCUT2D eigenvalue weighted by Gasteiger charge is -2.16. The Morgan fingerprint density at radius 1 is 1.41 bits per heavy atom. The lowest BCUT2D eigenvalue weighted by Crippen LogP contribution is -2.30. The summed E-state index contributed by atoms with van der Waals surface area (Å²) in [7, 11) is 3.62. The fourth-order valence-electron chi connectivity index (χ4n) is 2.38. The van der Waals surface area contributed by atoms with Crippen molar-refractivity contribution in [1.29, 1.82) is 0 Å². The van der Waals surface area contributed by atoms with Gasteiger partial charge in [0.05, 0.1) is 0 Å². The summed E-state index contributed by atoms with van der Waals surface area (Å²) in [4.78, 5) is 18.2. The van der Waals surface area contributed by atoms with Gasteiger partial charge >= 0.3 is 0 Å². The Kier molecular flexibility index (Phi) is 3.85. The second-order valence-corrected chi connectivity index (χ2v) is 5.55. The van der Waals surface area contributed by atoms with E-state index in [1.54, 1.807) is 11.9 Å². The third-order valence-electron chi connectivity index (χ3n) is 3.65. The summed E-state index contributed by atoms with van der Waals surface area (Å²) < 4.78 is 6.54. The molecule has 0 atom stereocenters. The van der Waals surface area contributed by atoms with Crippen LogP contribution >= 0.6 is 11.6 Å². The fraction of sp³-hybridized carbons (Fsp3) is 0.267. The van der Waals surface area contributed by atoms with Crippen molar-refractivity contribution in [2.45, 2.75) is 6.42 Å². The minimum atomic E-state index is -0.0571. The number of amides is 1. The first-order valence-electron chi connectivity index (χ1n) is 6.82. The maximum atomic E-state index is 12.6. The van der Waals surface area contributed by atoms with Gasteiger partial charge in [0.2, 0.25) is 6.39 Å². The van der Waals surface area contributed by atoms with E-state index < -0.39 is 0 Å². The van der Waals surface area contributed by atoms with E-state index in [9.17, 15) is 4.79 Å². The van der Waals surface area contributed by atoms with Gasteiger partial charge in [-0.1, -0.05) is 22.8 Å². The number of aromatic nitrogens is 3. The van der Waals surface area contributed by atoms with Crippen molar-refractivity contribution in [3.63, 3.8) is 0 Å². The second-order valence-electron chi connectivity index (χ2n) is 5.12. The number of nitrogens with zero attached hydrogens (tertiary/aromatic N) is 4. The van der Waals surface area contributed by atoms with Crippen molar-refractivity contribution in [2.75, 3.05) is 13.6 Å². The molecule has 3 aromatic rings. The van der Waals surface area contributed by atoms with Crippen LogP contribution < -0.4 is 0 Å². The van der Waals surface area contributed by atoms with Crippen molar-refractivity contribution in [3.05, 3.63) is 47.2 Å². The lowest BCUT2D eigenvalue weighted by molar-refractivity contribution is 0.0787. The second kappa shape index (κ2) is 5.81. The molecule has 0 N–H and O–H groups in total. The zero-order valence-electron chi connectivity index (χ0n) is 12.3. The molecule has 22 heavy (non-hydrogen) atoms. The molecule has 0 aliphatic rings. The van der Waals surface area contributed by atoms with Gasteiger partial charge in [-0.2, -0.15) is 4.98 Å². The highest BCUT2D eigenvalue weighted by atomic mass is 35.5. The van der Waals surface area contributed by atoms with Gasteiger partial charge < -0.3 is 14.0 Å². The molecule has 0 bridgehead atoms. The van der Waals surface area contributed by atoms with Gasteiger partial charge in [-0.25, -0.2) is 0 Å². The van der Waals surface area contributed by atoms with Crippen LogP contribution in [0.25, 0.3) is 10.9 Å². The molecule has 0 spiro atoms. The number of halogens is 1. The molecule has 1 amide bonds. The molecule has 0 aliphatic heterocycles. The summed E-state index contributed by atoms with van der Waals surface area (Å²) in [6.07, 6.45) is 1.83. The molecule has 1 aromatic carbocycles. The van der Waals surface area contributed by atoms with E-state index in [-0.39, 0.29) is 5.91 Å². The Bertz CT molecular complexity index is 810. The van der Waals surface area contributed by atoms with E-state index in [2.05, 4.69) is 14.7 Å². The van der Waals surface area contributed by atoms with Gasteiger partial charge in [0.25, 0.3) is 5.91 Å². The molecular weight excluding hydrogens is 304 g/mol. The highest BCUT2D eigenvalue weighted by molar-refractivity contribution is 6.31. The molecule has 0 fully saturated rings. The molecule has 0 radical (unpaired) electrons. The van der Waals surface area contributed by atoms with Crippen molar-refractivity contribution in [2.24, 2.45) is 7.05 Å². The largest absolute Gasteiger partial charge is 0.343 e. The van der Waals surface area contributed by atoms with Crippen LogP contribution in [0, 0.1) is 0 Å². The van der Waals surface area contributed by atoms with Crippen LogP contribution in [0.1, 0.15) is 16.3 Å². The summed E-state index contributed by atoms with van der Waals surface area (Å²) in [6.45, 7) is 0.515. The summed E-state index contributed by atoms with van der Waals surface area (Å²) >= 11 is 6.02. The number of hydrogen-bond acceptors (Lipinski definition) is 4. The predicted molar refractivity (Wildman–Crippen MR) is 82.9 cm³/mol. The molecule has 3 rings (SSSR count). The average Bonchev–Trinajstić information content (AvgIpc) is 3.13. The first kappa shape index (κ1) is 14.6. The number of carbonyl (C=O) groups excluding carboxylic acids is 1. The molecule has 114 valence electrons. The SMILES string of the molecule is CN(CCc1ncon1)C(=O)c1cc2ccc(Cl)cc2n1C. The van der Waals surface area contributed by atoms with Gasteiger partial charge in [-0.05, 0) is 18.2 Å². The summed E-state index contributed by atoms with van der Waals surface area (Å²) in [5.41, 5.74) is 1.55. The molecule has 7 heteroatoms. The van der Waals surface area contributed by atoms with E-state index in [0.717, 1.165) is 10.9 Å². The van der Waals surface area contributed by atoms with Crippen LogP contribution in [0.4, 0.5) is 0 Å². The topological polar surface area (TPSA) is 64.2 Å². The minimum absolute atomic E-state index is 0.0571. The maximum Gasteiger partial charge on any atom is 0.270 e. The van der Waals surface area contributed by atoms with Crippen molar-refractivity contribution in [1.82, 2.24) is 19.6 Å². The Balaban J connectivity index is 1.80. The van der Waals surface area contributed by atoms with Crippen LogP contribution in [0.5, 0.6) is 0 Å². The smallest absolute Gasteiger partial charge is 0.270 e. The minimum Gasteiger partial charge on any atom is -0.343 e. The van der Waals surface area contributed by atoms with Gasteiger partial charge in [0.15, 0.2) is 5.82 Å². The molecule has 0 aliphatic carbocycles. The normalized spacial score (nSPS) is 11.0. The highest BCUT2D eigenvalue weighted by Gasteiger charge is 2.17. The average molecular weight is 319 g/mol. The maximum absolute atomic E-state index is 12.6. The van der Waals surface area contributed by atoms with Crippen LogP contribution in [0.15, 0.2) is 35.2 Å². The van der Waals surface area contributed by atoms with Crippen LogP contribution in [0.2, 0.25) is 5.02 Å². The van der Waals surface area contributed by atoms with Crippen molar-refractivity contribution >= 4 is 28.4 Å². The number of hydrogen-bond donors (Lipinski definition) is 0. The Morgan fingerprint density at radius 3 is 2.95 bits per heavy atom. The van der Waals surface area contributed by atoms with Gasteiger partial charge in [-0.3, -0.25) is 4.79 Å². The number of aryl methyl sites for hydroxylation is 1. The van der Waals surface area contributed by atoms with E-state index in [0.29, 0.717) is 29.5 Å². The standard InChI is InChI=1S/C15H15ClN4O2/c1-19(6-5-14-17-9-22-18-14)15(21)13-7-10-3-4-11(16)8-12(10)20(13)2/h3-4,7-9H,5-6H2,1-2H3. The molecular formula is C15H15ClN4O2. The van der Waals surface area contributed by atoms with E-state index in [1.807, 2.05) is 35.9 Å². The van der Waals surface area contributed by atoms with E-state index in [1.165, 1.54) is 6.39 Å². The summed E-state index contributed by atoms with van der Waals surface area (Å²) in [6, 6.07) is 7.46. The number of benzene rings is 1. The Morgan fingerprint density at radius 2 is 2.23 bits per heavy atom. The molecule has 2 heterocycles. The molecule has 2 aromatic heterocycles. The zero-order valence-corrected chi connectivity index (χ0v) is 13.0. The number of fused-ring (bicyclic) bond motifs is 1. The quantitative estimate of drug-likeness (QED) is 0.741. The fourth-order valence-corrected chi connectivity index (χ4v) is 2.54. The van der Waals surface area contributed by atoms with E-state index in [4.69, 9.17) is 11.6 Å². The van der Waals surface area contributed by atoms with Gasteiger partial charge in [0.1, 0.15) is 5.69 Å².